The Balaban J connectivity index is 0.00000261. The molecular formula is C22H29ClN2O2. The van der Waals surface area contributed by atoms with Gasteiger partial charge in [-0.15, -0.1) is 12.4 Å². The van der Waals surface area contributed by atoms with Crippen molar-refractivity contribution in [3.05, 3.63) is 65.5 Å². The molecule has 0 bridgehead atoms. The molecule has 5 heteroatoms. The number of aliphatic hydroxyl groups excluding tert-OH is 1. The topological polar surface area (TPSA) is 47.3 Å². The molecule has 2 aromatic carbocycles. The summed E-state index contributed by atoms with van der Waals surface area (Å²) in [6, 6.07) is 16.4. The number of aromatic nitrogens is 2. The first-order valence-electron chi connectivity index (χ1n) is 9.35. The highest BCUT2D eigenvalue weighted by Gasteiger charge is 2.17. The lowest BCUT2D eigenvalue weighted by atomic mass is 10.1. The number of halogens is 1. The molecule has 0 aliphatic heterocycles. The van der Waals surface area contributed by atoms with E-state index >= 15 is 0 Å². The zero-order chi connectivity index (χ0) is 18.5. The quantitative estimate of drug-likeness (QED) is 0.599. The molecule has 2 unspecified atom stereocenters. The van der Waals surface area contributed by atoms with Crippen LogP contribution in [0.3, 0.4) is 0 Å². The van der Waals surface area contributed by atoms with Crippen molar-refractivity contribution >= 4 is 23.4 Å². The van der Waals surface area contributed by atoms with Gasteiger partial charge in [0.1, 0.15) is 5.82 Å². The van der Waals surface area contributed by atoms with Gasteiger partial charge in [0, 0.05) is 5.92 Å². The van der Waals surface area contributed by atoms with Crippen molar-refractivity contribution in [2.75, 3.05) is 6.61 Å². The molecule has 1 aromatic heterocycles. The molecule has 146 valence electrons. The molecule has 0 aliphatic rings. The molecule has 0 fully saturated rings. The van der Waals surface area contributed by atoms with Crippen molar-refractivity contribution in [1.29, 1.82) is 0 Å². The van der Waals surface area contributed by atoms with Crippen LogP contribution in [-0.4, -0.2) is 27.4 Å². The first-order chi connectivity index (χ1) is 12.6. The Morgan fingerprint density at radius 1 is 1.11 bits per heavy atom. The Hall–Kier alpha value is -1.88. The van der Waals surface area contributed by atoms with Crippen LogP contribution in [0.4, 0.5) is 0 Å². The number of hydrogen-bond acceptors (Lipinski definition) is 3. The van der Waals surface area contributed by atoms with Crippen LogP contribution < -0.4 is 0 Å². The van der Waals surface area contributed by atoms with Crippen molar-refractivity contribution in [1.82, 2.24) is 9.55 Å². The standard InChI is InChI=1S/C22H28N2O2.ClH/c1-4-17(3)22-23-20-7-5-6-8-21(20)24(22)13-19(25)15-26-14-18-11-9-16(2)10-12-18;/h5-12,17,19,25H,4,13-15H2,1-3H3;1H. The molecule has 0 saturated heterocycles. The van der Waals surface area contributed by atoms with Gasteiger partial charge in [-0.25, -0.2) is 4.98 Å². The number of nitrogens with zero attached hydrogens (tertiary/aromatic N) is 2. The zero-order valence-electron chi connectivity index (χ0n) is 16.3. The van der Waals surface area contributed by atoms with Crippen LogP contribution in [0.5, 0.6) is 0 Å². The van der Waals surface area contributed by atoms with E-state index in [0.717, 1.165) is 28.8 Å². The molecule has 0 radical (unpaired) electrons. The second kappa shape index (κ2) is 9.88. The summed E-state index contributed by atoms with van der Waals surface area (Å²) in [6.07, 6.45) is 0.449. The molecule has 3 aromatic rings. The van der Waals surface area contributed by atoms with Gasteiger partial charge in [-0.1, -0.05) is 55.8 Å². The fraction of sp³-hybridized carbons (Fsp3) is 0.409. The van der Waals surface area contributed by atoms with E-state index in [9.17, 15) is 5.11 Å². The Morgan fingerprint density at radius 3 is 2.52 bits per heavy atom. The van der Waals surface area contributed by atoms with Crippen LogP contribution in [0.1, 0.15) is 43.1 Å². The normalized spacial score (nSPS) is 13.3. The van der Waals surface area contributed by atoms with Crippen molar-refractivity contribution in [2.45, 2.75) is 52.4 Å². The number of para-hydroxylation sites is 2. The zero-order valence-corrected chi connectivity index (χ0v) is 17.1. The van der Waals surface area contributed by atoms with Gasteiger partial charge in [-0.05, 0) is 31.0 Å². The third-order valence-corrected chi connectivity index (χ3v) is 4.83. The van der Waals surface area contributed by atoms with Crippen LogP contribution in [-0.2, 0) is 17.9 Å². The Bertz CT molecular complexity index is 845. The smallest absolute Gasteiger partial charge is 0.112 e. The van der Waals surface area contributed by atoms with Gasteiger partial charge < -0.3 is 14.4 Å². The minimum absolute atomic E-state index is 0. The number of aryl methyl sites for hydroxylation is 1. The SMILES string of the molecule is CCC(C)c1nc2ccccc2n1CC(O)COCc1ccc(C)cc1.Cl. The van der Waals surface area contributed by atoms with Crippen molar-refractivity contribution in [3.8, 4) is 0 Å². The monoisotopic (exact) mass is 388 g/mol. The Kier molecular flexibility index (Phi) is 7.84. The highest BCUT2D eigenvalue weighted by molar-refractivity contribution is 5.85. The van der Waals surface area contributed by atoms with E-state index in [1.807, 2.05) is 18.2 Å². The third kappa shape index (κ3) is 5.32. The lowest BCUT2D eigenvalue weighted by molar-refractivity contribution is 0.0204. The Labute approximate surface area is 167 Å². The highest BCUT2D eigenvalue weighted by atomic mass is 35.5. The van der Waals surface area contributed by atoms with Crippen molar-refractivity contribution in [2.24, 2.45) is 0 Å². The summed E-state index contributed by atoms with van der Waals surface area (Å²) >= 11 is 0. The van der Waals surface area contributed by atoms with Gasteiger partial charge in [0.05, 0.1) is 36.9 Å². The number of imidazole rings is 1. The molecule has 0 spiro atoms. The summed E-state index contributed by atoms with van der Waals surface area (Å²) in [5, 5.41) is 10.5. The second-order valence-corrected chi connectivity index (χ2v) is 7.03. The fourth-order valence-electron chi connectivity index (χ4n) is 3.11. The number of ether oxygens (including phenoxy) is 1. The Morgan fingerprint density at radius 2 is 1.81 bits per heavy atom. The van der Waals surface area contributed by atoms with E-state index in [4.69, 9.17) is 9.72 Å². The average Bonchev–Trinajstić information content (AvgIpc) is 3.01. The average molecular weight is 389 g/mol. The van der Waals surface area contributed by atoms with Crippen LogP contribution in [0.15, 0.2) is 48.5 Å². The molecule has 4 nitrogen and oxygen atoms in total. The molecule has 27 heavy (non-hydrogen) atoms. The van der Waals surface area contributed by atoms with Gasteiger partial charge in [0.2, 0.25) is 0 Å². The number of hydrogen-bond donors (Lipinski definition) is 1. The maximum Gasteiger partial charge on any atom is 0.112 e. The van der Waals surface area contributed by atoms with Crippen molar-refractivity contribution in [3.63, 3.8) is 0 Å². The summed E-state index contributed by atoms with van der Waals surface area (Å²) in [7, 11) is 0. The van der Waals surface area contributed by atoms with E-state index in [0.29, 0.717) is 25.7 Å². The van der Waals surface area contributed by atoms with Crippen molar-refractivity contribution < 1.29 is 9.84 Å². The predicted molar refractivity (Wildman–Crippen MR) is 113 cm³/mol. The predicted octanol–water partition coefficient (Wildman–Crippen LogP) is 4.86. The maximum absolute atomic E-state index is 10.5. The lowest BCUT2D eigenvalue weighted by Gasteiger charge is -2.17. The van der Waals surface area contributed by atoms with Gasteiger partial charge >= 0.3 is 0 Å². The molecule has 0 amide bonds. The first-order valence-corrected chi connectivity index (χ1v) is 9.35. The van der Waals surface area contributed by atoms with Gasteiger partial charge in [-0.2, -0.15) is 0 Å². The maximum atomic E-state index is 10.5. The minimum atomic E-state index is -0.569. The number of aliphatic hydroxyl groups is 1. The summed E-state index contributed by atoms with van der Waals surface area (Å²) in [5.74, 6) is 1.38. The molecule has 2 atom stereocenters. The summed E-state index contributed by atoms with van der Waals surface area (Å²) in [4.78, 5) is 4.78. The third-order valence-electron chi connectivity index (χ3n) is 4.83. The van der Waals surface area contributed by atoms with E-state index < -0.39 is 6.10 Å². The van der Waals surface area contributed by atoms with Crippen LogP contribution >= 0.6 is 12.4 Å². The summed E-state index contributed by atoms with van der Waals surface area (Å²) in [6.45, 7) is 7.72. The number of fused-ring (bicyclic) bond motifs is 1. The molecule has 1 N–H and O–H groups in total. The largest absolute Gasteiger partial charge is 0.389 e. The highest BCUT2D eigenvalue weighted by Crippen LogP contribution is 2.24. The van der Waals surface area contributed by atoms with Crippen LogP contribution in [0, 0.1) is 6.92 Å². The molecular weight excluding hydrogens is 360 g/mol. The molecule has 1 heterocycles. The minimum Gasteiger partial charge on any atom is -0.389 e. The number of rotatable bonds is 8. The van der Waals surface area contributed by atoms with Crippen LogP contribution in [0.2, 0.25) is 0 Å². The summed E-state index contributed by atoms with van der Waals surface area (Å²) in [5.41, 5.74) is 4.41. The van der Waals surface area contributed by atoms with Crippen LogP contribution in [0.25, 0.3) is 11.0 Å². The number of benzene rings is 2. The van der Waals surface area contributed by atoms with Gasteiger partial charge in [0.25, 0.3) is 0 Å². The van der Waals surface area contributed by atoms with E-state index in [-0.39, 0.29) is 12.4 Å². The molecule has 0 aliphatic carbocycles. The fourth-order valence-corrected chi connectivity index (χ4v) is 3.11. The van der Waals surface area contributed by atoms with Gasteiger partial charge in [0.15, 0.2) is 0 Å². The lowest BCUT2D eigenvalue weighted by Crippen LogP contribution is -2.23. The molecule has 3 rings (SSSR count). The molecule has 0 saturated carbocycles. The van der Waals surface area contributed by atoms with E-state index in [1.54, 1.807) is 0 Å². The summed E-state index contributed by atoms with van der Waals surface area (Å²) < 4.78 is 7.87. The van der Waals surface area contributed by atoms with E-state index in [2.05, 4.69) is 55.7 Å². The van der Waals surface area contributed by atoms with E-state index in [1.165, 1.54) is 5.56 Å². The van der Waals surface area contributed by atoms with Gasteiger partial charge in [-0.3, -0.25) is 0 Å². The first kappa shape index (κ1) is 21.4. The second-order valence-electron chi connectivity index (χ2n) is 7.03.